The molecule has 4 N–H and O–H groups in total. The van der Waals surface area contributed by atoms with Gasteiger partial charge >= 0.3 is 0 Å². The number of halogens is 2. The van der Waals surface area contributed by atoms with Crippen LogP contribution in [0.1, 0.15) is 13.8 Å². The zero-order valence-corrected chi connectivity index (χ0v) is 13.4. The molecule has 1 rings (SSSR count). The second kappa shape index (κ2) is 6.17. The number of amides is 1. The second-order valence-electron chi connectivity index (χ2n) is 5.09. The molecule has 0 saturated heterocycles. The number of benzene rings is 1. The molecule has 0 aliphatic carbocycles. The van der Waals surface area contributed by atoms with Crippen LogP contribution in [0.5, 0.6) is 0 Å². The average Bonchev–Trinajstić information content (AvgIpc) is 2.39. The molecule has 21 heavy (non-hydrogen) atoms. The second-order valence-corrected chi connectivity index (χ2v) is 7.27. The third kappa shape index (κ3) is 4.05. The highest BCUT2D eigenvalue weighted by Crippen LogP contribution is 2.25. The van der Waals surface area contributed by atoms with E-state index < -0.39 is 26.2 Å². The van der Waals surface area contributed by atoms with Crippen molar-refractivity contribution < 1.29 is 17.6 Å². The number of rotatable bonds is 5. The summed E-state index contributed by atoms with van der Waals surface area (Å²) < 4.78 is 40.3. The van der Waals surface area contributed by atoms with Gasteiger partial charge in [-0.3, -0.25) is 4.79 Å². The summed E-state index contributed by atoms with van der Waals surface area (Å²) >= 11 is 5.69. The number of nitrogen functional groups attached to an aromatic ring is 1. The molecule has 118 valence electrons. The molecule has 0 fully saturated rings. The fourth-order valence-corrected chi connectivity index (χ4v) is 3.19. The van der Waals surface area contributed by atoms with Crippen LogP contribution in [0.25, 0.3) is 0 Å². The molecule has 0 spiro atoms. The Kier molecular flexibility index (Phi) is 5.19. The van der Waals surface area contributed by atoms with Crippen LogP contribution >= 0.6 is 11.6 Å². The largest absolute Gasteiger partial charge is 0.396 e. The van der Waals surface area contributed by atoms with Crippen LogP contribution in [0.15, 0.2) is 17.0 Å². The van der Waals surface area contributed by atoms with E-state index in [9.17, 15) is 17.6 Å². The van der Waals surface area contributed by atoms with Gasteiger partial charge in [0.15, 0.2) is 5.82 Å². The number of nitrogens with two attached hydrogens (primary N) is 1. The third-order valence-corrected chi connectivity index (χ3v) is 4.49. The van der Waals surface area contributed by atoms with Crippen LogP contribution in [0.3, 0.4) is 0 Å². The first-order valence-corrected chi connectivity index (χ1v) is 7.84. The van der Waals surface area contributed by atoms with Gasteiger partial charge in [-0.25, -0.2) is 17.5 Å². The van der Waals surface area contributed by atoms with Crippen LogP contribution in [0.4, 0.5) is 10.1 Å². The van der Waals surface area contributed by atoms with E-state index in [4.69, 9.17) is 17.3 Å². The number of sulfonamides is 1. The predicted octanol–water partition coefficient (Wildman–Crippen LogP) is 1.11. The molecule has 9 heteroatoms. The normalized spacial score (nSPS) is 12.2. The molecule has 1 amide bonds. The van der Waals surface area contributed by atoms with E-state index in [1.807, 2.05) is 0 Å². The molecule has 1 aromatic carbocycles. The summed E-state index contributed by atoms with van der Waals surface area (Å²) in [6.07, 6.45) is 0. The summed E-state index contributed by atoms with van der Waals surface area (Å²) in [6.45, 7) is 2.90. The Labute approximate surface area is 127 Å². The molecule has 0 aliphatic heterocycles. The highest BCUT2D eigenvalue weighted by molar-refractivity contribution is 7.89. The predicted molar refractivity (Wildman–Crippen MR) is 78.9 cm³/mol. The summed E-state index contributed by atoms with van der Waals surface area (Å²) in [7, 11) is -2.74. The lowest BCUT2D eigenvalue weighted by atomic mass is 9.93. The number of carbonyl (C=O) groups excluding carboxylic acids is 1. The minimum Gasteiger partial charge on any atom is -0.396 e. The van der Waals surface area contributed by atoms with Crippen molar-refractivity contribution in [3.8, 4) is 0 Å². The van der Waals surface area contributed by atoms with E-state index >= 15 is 0 Å². The van der Waals surface area contributed by atoms with Crippen LogP contribution in [0, 0.1) is 11.2 Å². The quantitative estimate of drug-likeness (QED) is 0.700. The van der Waals surface area contributed by atoms with Gasteiger partial charge in [0, 0.05) is 18.6 Å². The Morgan fingerprint density at radius 1 is 1.43 bits per heavy atom. The van der Waals surface area contributed by atoms with Crippen molar-refractivity contribution in [2.75, 3.05) is 19.3 Å². The van der Waals surface area contributed by atoms with E-state index in [1.165, 1.54) is 7.05 Å². The summed E-state index contributed by atoms with van der Waals surface area (Å²) in [5.74, 6) is -1.43. The van der Waals surface area contributed by atoms with E-state index in [0.29, 0.717) is 0 Å². The number of nitrogens with one attached hydrogen (secondary N) is 2. The highest BCUT2D eigenvalue weighted by atomic mass is 35.5. The number of carbonyl (C=O) groups is 1. The van der Waals surface area contributed by atoms with Gasteiger partial charge in [-0.15, -0.1) is 0 Å². The molecular weight excluding hydrogens is 321 g/mol. The lowest BCUT2D eigenvalue weighted by Crippen LogP contribution is -2.43. The molecule has 0 radical (unpaired) electrons. The highest BCUT2D eigenvalue weighted by Gasteiger charge is 2.30. The fourth-order valence-electron chi connectivity index (χ4n) is 1.55. The molecule has 0 heterocycles. The summed E-state index contributed by atoms with van der Waals surface area (Å²) in [5, 5.41) is 2.42. The van der Waals surface area contributed by atoms with Crippen LogP contribution in [0.2, 0.25) is 5.02 Å². The minimum atomic E-state index is -4.18. The maximum absolute atomic E-state index is 13.8. The molecule has 0 bridgehead atoms. The Morgan fingerprint density at radius 2 is 2.00 bits per heavy atom. The number of hydrogen-bond acceptors (Lipinski definition) is 4. The van der Waals surface area contributed by atoms with Gasteiger partial charge in [-0.2, -0.15) is 0 Å². The van der Waals surface area contributed by atoms with Crippen molar-refractivity contribution in [1.29, 1.82) is 0 Å². The standard InChI is InChI=1S/C12H17ClFN3O3S/c1-12(2,11(18)16-3)6-17-21(19,20)9-5-7(13)4-8(15)10(9)14/h4-5,17H,6,15H2,1-3H3,(H,16,18). The van der Waals surface area contributed by atoms with Crippen molar-refractivity contribution in [2.45, 2.75) is 18.7 Å². The average molecular weight is 338 g/mol. The lowest BCUT2D eigenvalue weighted by Gasteiger charge is -2.22. The van der Waals surface area contributed by atoms with Crippen LogP contribution in [-0.2, 0) is 14.8 Å². The van der Waals surface area contributed by atoms with Gasteiger partial charge in [0.1, 0.15) is 4.90 Å². The number of anilines is 1. The third-order valence-electron chi connectivity index (χ3n) is 2.87. The van der Waals surface area contributed by atoms with Gasteiger partial charge in [0.05, 0.1) is 11.1 Å². The summed E-state index contributed by atoms with van der Waals surface area (Å²) in [6, 6.07) is 2.08. The number of hydrogen-bond donors (Lipinski definition) is 3. The van der Waals surface area contributed by atoms with Crippen molar-refractivity contribution in [3.05, 3.63) is 23.0 Å². The summed E-state index contributed by atoms with van der Waals surface area (Å²) in [4.78, 5) is 10.9. The minimum absolute atomic E-state index is 0.000151. The molecule has 0 aliphatic rings. The van der Waals surface area contributed by atoms with Crippen LogP contribution in [-0.4, -0.2) is 27.9 Å². The maximum atomic E-state index is 13.8. The summed E-state index contributed by atoms with van der Waals surface area (Å²) in [5.41, 5.74) is 3.99. The van der Waals surface area contributed by atoms with Gasteiger partial charge in [0.25, 0.3) is 0 Å². The van der Waals surface area contributed by atoms with E-state index in [0.717, 1.165) is 12.1 Å². The molecule has 0 atom stereocenters. The van der Waals surface area contributed by atoms with E-state index in [2.05, 4.69) is 10.0 Å². The van der Waals surface area contributed by atoms with Crippen molar-refractivity contribution >= 4 is 33.2 Å². The van der Waals surface area contributed by atoms with E-state index in [-0.39, 0.29) is 23.2 Å². The molecular formula is C12H17ClFN3O3S. The van der Waals surface area contributed by atoms with Crippen molar-refractivity contribution in [3.63, 3.8) is 0 Å². The first-order valence-electron chi connectivity index (χ1n) is 5.97. The lowest BCUT2D eigenvalue weighted by molar-refractivity contribution is -0.128. The van der Waals surface area contributed by atoms with Crippen LogP contribution < -0.4 is 15.8 Å². The van der Waals surface area contributed by atoms with Gasteiger partial charge in [-0.05, 0) is 26.0 Å². The fraction of sp³-hybridized carbons (Fsp3) is 0.417. The monoisotopic (exact) mass is 337 g/mol. The molecule has 0 aromatic heterocycles. The molecule has 6 nitrogen and oxygen atoms in total. The maximum Gasteiger partial charge on any atom is 0.243 e. The molecule has 0 unspecified atom stereocenters. The van der Waals surface area contributed by atoms with Gasteiger partial charge in [0.2, 0.25) is 15.9 Å². The van der Waals surface area contributed by atoms with Gasteiger partial charge in [-0.1, -0.05) is 11.6 Å². The van der Waals surface area contributed by atoms with E-state index in [1.54, 1.807) is 13.8 Å². The Bertz CT molecular complexity index is 662. The molecule has 0 saturated carbocycles. The topological polar surface area (TPSA) is 101 Å². The zero-order valence-electron chi connectivity index (χ0n) is 11.8. The van der Waals surface area contributed by atoms with Crippen molar-refractivity contribution in [1.82, 2.24) is 10.0 Å². The first-order chi connectivity index (χ1) is 9.51. The zero-order chi connectivity index (χ0) is 16.4. The smallest absolute Gasteiger partial charge is 0.243 e. The molecule has 1 aromatic rings. The van der Waals surface area contributed by atoms with Gasteiger partial charge < -0.3 is 11.1 Å². The Balaban J connectivity index is 3.06. The Morgan fingerprint density at radius 3 is 2.52 bits per heavy atom. The van der Waals surface area contributed by atoms with Crippen molar-refractivity contribution in [2.24, 2.45) is 5.41 Å². The Hall–Kier alpha value is -1.38. The first kappa shape index (κ1) is 17.7. The SMILES string of the molecule is CNC(=O)C(C)(C)CNS(=O)(=O)c1cc(Cl)cc(N)c1F.